The number of carbonyl (C=O) groups is 1. The van der Waals surface area contributed by atoms with Crippen LogP contribution in [-0.4, -0.2) is 116 Å². The van der Waals surface area contributed by atoms with Crippen molar-refractivity contribution in [3.8, 4) is 22.6 Å². The molecular formula is C55H71N9O13PS+. The maximum absolute atomic E-state index is 12.9. The first-order valence-corrected chi connectivity index (χ1v) is 29.6. The molecule has 3 aliphatic heterocycles. The number of phosphoric ester groups is 1. The monoisotopic (exact) mass is 1130 g/mol. The number of H-pyrrole nitrogens is 1. The van der Waals surface area contributed by atoms with Gasteiger partial charge < -0.3 is 50.4 Å². The number of aromatic amines is 1. The highest BCUT2D eigenvalue weighted by molar-refractivity contribution is 7.85. The number of aliphatic hydroxyl groups excluding tert-OH is 2. The van der Waals surface area contributed by atoms with E-state index in [1.165, 1.54) is 10.6 Å². The van der Waals surface area contributed by atoms with E-state index >= 15 is 0 Å². The summed E-state index contributed by atoms with van der Waals surface area (Å²) in [5.74, 6) is 1.35. The van der Waals surface area contributed by atoms with Gasteiger partial charge >= 0.3 is 7.82 Å². The Kier molecular flexibility index (Phi) is 18.4. The number of nitrogens with zero attached hydrogens (tertiary/aromatic N) is 5. The maximum Gasteiger partial charge on any atom is 0.469 e. The van der Waals surface area contributed by atoms with Crippen molar-refractivity contribution < 1.29 is 56.0 Å². The minimum atomic E-state index is -4.91. The molecule has 10 N–H and O–H groups in total. The van der Waals surface area contributed by atoms with Crippen molar-refractivity contribution in [3.05, 3.63) is 117 Å². The molecule has 0 bridgehead atoms. The molecule has 424 valence electrons. The average molecular weight is 1130 g/mol. The number of aromatic nitrogens is 4. The highest BCUT2D eigenvalue weighted by Crippen LogP contribution is 2.49. The number of nitrogen functional groups attached to an aromatic ring is 1. The van der Waals surface area contributed by atoms with Gasteiger partial charge in [-0.2, -0.15) is 13.4 Å². The van der Waals surface area contributed by atoms with Crippen LogP contribution < -0.4 is 36.8 Å². The van der Waals surface area contributed by atoms with Gasteiger partial charge in [-0.25, -0.2) is 14.1 Å². The highest BCUT2D eigenvalue weighted by atomic mass is 32.2. The number of anilines is 3. The van der Waals surface area contributed by atoms with Crippen LogP contribution in [0.3, 0.4) is 0 Å². The van der Waals surface area contributed by atoms with Crippen molar-refractivity contribution in [1.82, 2.24) is 29.4 Å². The lowest BCUT2D eigenvalue weighted by Gasteiger charge is -2.27. The Morgan fingerprint density at radius 3 is 2.39 bits per heavy atom. The van der Waals surface area contributed by atoms with Crippen LogP contribution in [0, 0.1) is 6.92 Å². The third kappa shape index (κ3) is 13.4. The van der Waals surface area contributed by atoms with Crippen LogP contribution in [0.4, 0.5) is 17.6 Å². The Balaban J connectivity index is 0.856. The molecule has 4 atom stereocenters. The number of hydrogen-bond donors (Lipinski definition) is 9. The Labute approximate surface area is 458 Å². The predicted octanol–water partition coefficient (Wildman–Crippen LogP) is 6.21. The van der Waals surface area contributed by atoms with E-state index in [4.69, 9.17) is 24.7 Å². The lowest BCUT2D eigenvalue weighted by atomic mass is 9.83. The standard InChI is InChI=1S/C55H70N9O13PS/c1-6-62(7-2)36-24-26-39-38(34(3)49(76-42(39)31-36)35-19-12-10-13-20-35)21-18-22-44-55(4,5)40-32-37(79(72,73)74)25-27-41(40)63(44)30-17-11-14-23-45(65)57-28-15-8-9-16-29-58-54-59-46-50(60-53(56)61-51(46)68)64(54)52-48(67)47(66)43(77-52)33-75-78(69,70)71/h10,12-13,18-22,24-27,31-32,43,47-48,52,66-67H,6-9,11,14-17,23,28-30,33H2,1-5H3,(H7-,56,57,58,59,60,61,65,68,69,70,71,72,73,74)/p+1/t43-,47-,48-,52-/m1/s1. The van der Waals surface area contributed by atoms with Crippen LogP contribution >= 0.6 is 7.82 Å². The van der Waals surface area contributed by atoms with Gasteiger partial charge in [0, 0.05) is 65.6 Å². The van der Waals surface area contributed by atoms with Crippen LogP contribution in [-0.2, 0) is 34.2 Å². The molecule has 4 aromatic rings. The van der Waals surface area contributed by atoms with Crippen LogP contribution in [0.5, 0.6) is 0 Å². The molecule has 5 heterocycles. The molecule has 1 saturated heterocycles. The molecule has 1 fully saturated rings. The van der Waals surface area contributed by atoms with E-state index in [9.17, 15) is 37.3 Å². The smallest absolute Gasteiger partial charge is 0.456 e. The zero-order chi connectivity index (χ0) is 56.8. The Bertz CT molecular complexity index is 3490. The number of allylic oxidation sites excluding steroid dienone is 3. The summed E-state index contributed by atoms with van der Waals surface area (Å²) in [5, 5.41) is 28.7. The number of phosphoric acid groups is 1. The van der Waals surface area contributed by atoms with Crippen molar-refractivity contribution in [2.24, 2.45) is 0 Å². The molecule has 4 aliphatic rings. The van der Waals surface area contributed by atoms with Crippen LogP contribution in [0.2, 0.25) is 0 Å². The number of carbonyl (C=O) groups excluding carboxylic acids is 1. The first-order valence-electron chi connectivity index (χ1n) is 26.6. The molecule has 24 heteroatoms. The highest BCUT2D eigenvalue weighted by Gasteiger charge is 2.46. The van der Waals surface area contributed by atoms with Crippen LogP contribution in [0.1, 0.15) is 102 Å². The van der Waals surface area contributed by atoms with Gasteiger partial charge in [0.1, 0.15) is 42.9 Å². The van der Waals surface area contributed by atoms with E-state index in [0.29, 0.717) is 38.9 Å². The quantitative estimate of drug-likeness (QED) is 0.0141. The minimum Gasteiger partial charge on any atom is -0.456 e. The SMILES string of the molecule is CC[N+](CC)=c1ccc2c(/C=C/C=C3/N(CCCCCC(=O)NCCCCCCNc4nc5c(=O)[nH]c(N)nc5n4[C@@H]4O[C@H](COP(=O)(O)O)[C@@H](O)[C@H]4O)c4ccc(S(=O)(=O)O)cc4C3(C)C)c(C)c(-c3ccccc3)oc-2c1. The van der Waals surface area contributed by atoms with Crippen molar-refractivity contribution >= 4 is 58.7 Å². The van der Waals surface area contributed by atoms with E-state index in [1.54, 1.807) is 12.1 Å². The number of aliphatic hydroxyl groups is 2. The lowest BCUT2D eigenvalue weighted by molar-refractivity contribution is -0.121. The second-order valence-electron chi connectivity index (χ2n) is 20.3. The molecule has 0 radical (unpaired) electrons. The second kappa shape index (κ2) is 24.9. The summed E-state index contributed by atoms with van der Waals surface area (Å²) in [6.07, 6.45) is 5.76. The third-order valence-electron chi connectivity index (χ3n) is 14.6. The van der Waals surface area contributed by atoms with Gasteiger partial charge in [-0.3, -0.25) is 28.2 Å². The average Bonchev–Trinajstić information content (AvgIpc) is 4.15. The number of benzene rings is 3. The summed E-state index contributed by atoms with van der Waals surface area (Å²) in [6.45, 7) is 12.9. The van der Waals surface area contributed by atoms with E-state index in [1.807, 2.05) is 50.3 Å². The summed E-state index contributed by atoms with van der Waals surface area (Å²) >= 11 is 0. The van der Waals surface area contributed by atoms with Gasteiger partial charge in [0.25, 0.3) is 15.7 Å². The fourth-order valence-corrected chi connectivity index (χ4v) is 11.3. The number of nitrogens with one attached hydrogen (secondary N) is 3. The first kappa shape index (κ1) is 58.6. The van der Waals surface area contributed by atoms with E-state index in [-0.39, 0.29) is 33.9 Å². The molecule has 8 rings (SSSR count). The third-order valence-corrected chi connectivity index (χ3v) is 16.0. The number of unbranched alkanes of at least 4 members (excludes halogenated alkanes) is 5. The van der Waals surface area contributed by atoms with Crippen LogP contribution in [0.25, 0.3) is 39.9 Å². The van der Waals surface area contributed by atoms with E-state index < -0.39 is 60.1 Å². The predicted molar refractivity (Wildman–Crippen MR) is 301 cm³/mol. The van der Waals surface area contributed by atoms with E-state index in [2.05, 4.69) is 90.7 Å². The molecule has 79 heavy (non-hydrogen) atoms. The zero-order valence-electron chi connectivity index (χ0n) is 45.0. The molecule has 2 aromatic carbocycles. The minimum absolute atomic E-state index is 0.0471. The number of hydrogen-bond acceptors (Lipinski definition) is 15. The summed E-state index contributed by atoms with van der Waals surface area (Å²) in [7, 11) is -9.37. The molecule has 0 spiro atoms. The van der Waals surface area contributed by atoms with Crippen molar-refractivity contribution in [3.63, 3.8) is 0 Å². The summed E-state index contributed by atoms with van der Waals surface area (Å²) in [6, 6.07) is 21.1. The lowest BCUT2D eigenvalue weighted by Crippen LogP contribution is -2.33. The van der Waals surface area contributed by atoms with Crippen molar-refractivity contribution in [1.29, 1.82) is 0 Å². The molecule has 22 nitrogen and oxygen atoms in total. The maximum atomic E-state index is 12.9. The number of amides is 1. The van der Waals surface area contributed by atoms with Gasteiger partial charge in [-0.05, 0) is 87.9 Å². The topological polar surface area (TPSA) is 321 Å². The summed E-state index contributed by atoms with van der Waals surface area (Å²) in [5.41, 5.74) is 10.9. The van der Waals surface area contributed by atoms with Gasteiger partial charge in [0.05, 0.1) is 17.6 Å². The second-order valence-corrected chi connectivity index (χ2v) is 23.0. The number of fused-ring (bicyclic) bond motifs is 3. The Morgan fingerprint density at radius 2 is 1.68 bits per heavy atom. The zero-order valence-corrected chi connectivity index (χ0v) is 46.7. The van der Waals surface area contributed by atoms with Crippen LogP contribution in [0.15, 0.2) is 98.7 Å². The number of nitrogens with two attached hydrogens (primary N) is 1. The van der Waals surface area contributed by atoms with Gasteiger partial charge in [0.15, 0.2) is 17.4 Å². The van der Waals surface area contributed by atoms with Crippen molar-refractivity contribution in [2.45, 2.75) is 121 Å². The molecule has 2 aromatic heterocycles. The first-order chi connectivity index (χ1) is 37.6. The van der Waals surface area contributed by atoms with Gasteiger partial charge in [-0.15, -0.1) is 0 Å². The molecule has 0 unspecified atom stereocenters. The number of rotatable bonds is 24. The fourth-order valence-electron chi connectivity index (χ4n) is 10.5. The Morgan fingerprint density at radius 1 is 0.962 bits per heavy atom. The normalized spacial score (nSPS) is 18.8. The van der Waals surface area contributed by atoms with E-state index in [0.717, 1.165) is 101 Å². The summed E-state index contributed by atoms with van der Waals surface area (Å²) < 4.78 is 66.4. The van der Waals surface area contributed by atoms with Crippen molar-refractivity contribution in [2.75, 3.05) is 55.3 Å². The van der Waals surface area contributed by atoms with Gasteiger partial charge in [0.2, 0.25) is 23.2 Å². The van der Waals surface area contributed by atoms with Gasteiger partial charge in [-0.1, -0.05) is 75.6 Å². The molecule has 1 aliphatic carbocycles. The fraction of sp³-hybridized carbons (Fsp3) is 0.436. The summed E-state index contributed by atoms with van der Waals surface area (Å²) in [4.78, 5) is 56.8. The number of imidazole rings is 1. The number of ether oxygens (including phenoxy) is 1. The largest absolute Gasteiger partial charge is 0.469 e. The molecule has 1 amide bonds. The molecular weight excluding hydrogens is 1060 g/mol. The Hall–Kier alpha value is -6.53. The molecule has 0 saturated carbocycles.